The van der Waals surface area contributed by atoms with Gasteiger partial charge in [-0.3, -0.25) is 9.59 Å². The number of aliphatic hydroxyl groups is 4. The number of hydrogen-bond acceptors (Lipinski definition) is 10. The fraction of sp³-hybridized carbons (Fsp3) is 0.606. The average Bonchev–Trinajstić information content (AvgIpc) is 2.91. The van der Waals surface area contributed by atoms with Gasteiger partial charge in [0.05, 0.1) is 12.5 Å². The molecule has 0 aliphatic heterocycles. The number of carbonyl (C=O) groups excluding carboxylic acids is 3. The third kappa shape index (κ3) is 5.07. The molecule has 8 atom stereocenters. The molecule has 0 heterocycles. The molecule has 2 fully saturated rings. The van der Waals surface area contributed by atoms with Crippen LogP contribution in [0, 0.1) is 16.7 Å². The van der Waals surface area contributed by atoms with Gasteiger partial charge in [-0.1, -0.05) is 57.7 Å². The quantitative estimate of drug-likeness (QED) is 0.265. The number of carbonyl (C=O) groups is 3. The predicted octanol–water partition coefficient (Wildman–Crippen LogP) is 1.22. The number of carboxylic acids is 1. The number of hydrogen-bond donors (Lipinski definition) is 4. The molecule has 1 unspecified atom stereocenters. The first-order valence-electron chi connectivity index (χ1n) is 14.7. The van der Waals surface area contributed by atoms with Crippen molar-refractivity contribution in [1.82, 2.24) is 4.90 Å². The van der Waals surface area contributed by atoms with E-state index in [0.29, 0.717) is 0 Å². The van der Waals surface area contributed by atoms with Crippen molar-refractivity contribution in [2.45, 2.75) is 95.4 Å². The van der Waals surface area contributed by atoms with Crippen LogP contribution in [0.1, 0.15) is 71.4 Å². The standard InChI is InChI=1S/C33H45NO9/c1-18-22(35)16-32(41)29(40)27-19(2)23(43-25(38)15-21(34(6)7)20-11-9-8-10-12-20)13-14-31(27,5)33(42,17-24(36)37)28(39)26(18)30(32,3)4/h8-12,21,23,27-29,39-42H,2,13-17H2,1,3-7H3,(H,36,37)/p-1/t21?,23-,27-,28+,29-,31+,32+,33-/m0/s1. The van der Waals surface area contributed by atoms with Crippen molar-refractivity contribution < 1.29 is 44.7 Å². The van der Waals surface area contributed by atoms with Crippen LogP contribution >= 0.6 is 0 Å². The first-order chi connectivity index (χ1) is 19.8. The lowest BCUT2D eigenvalue weighted by atomic mass is 9.44. The molecule has 1 aromatic carbocycles. The van der Waals surface area contributed by atoms with Crippen LogP contribution in [0.5, 0.6) is 0 Å². The second-order valence-electron chi connectivity index (χ2n) is 13.6. The van der Waals surface area contributed by atoms with Gasteiger partial charge in [-0.15, -0.1) is 0 Å². The lowest BCUT2D eigenvalue weighted by Crippen LogP contribution is -2.73. The Morgan fingerprint density at radius 3 is 2.30 bits per heavy atom. The molecule has 0 radical (unpaired) electrons. The van der Waals surface area contributed by atoms with Gasteiger partial charge in [-0.25, -0.2) is 0 Å². The molecule has 2 saturated carbocycles. The van der Waals surface area contributed by atoms with Gasteiger partial charge in [0.1, 0.15) is 23.4 Å². The molecular formula is C33H44NO9-. The Balaban J connectivity index is 1.77. The third-order valence-corrected chi connectivity index (χ3v) is 10.8. The zero-order chi connectivity index (χ0) is 32.3. The van der Waals surface area contributed by atoms with Crippen LogP contribution < -0.4 is 5.11 Å². The Morgan fingerprint density at radius 2 is 1.74 bits per heavy atom. The summed E-state index contributed by atoms with van der Waals surface area (Å²) in [5.41, 5.74) is -6.46. The van der Waals surface area contributed by atoms with Crippen LogP contribution in [0.3, 0.4) is 0 Å². The van der Waals surface area contributed by atoms with E-state index in [1.807, 2.05) is 49.3 Å². The Hall–Kier alpha value is -2.89. The highest BCUT2D eigenvalue weighted by Crippen LogP contribution is 2.63. The highest BCUT2D eigenvalue weighted by Gasteiger charge is 2.70. The second kappa shape index (κ2) is 11.2. The molecule has 0 saturated heterocycles. The minimum Gasteiger partial charge on any atom is -0.550 e. The van der Waals surface area contributed by atoms with Crippen molar-refractivity contribution in [1.29, 1.82) is 0 Å². The predicted molar refractivity (Wildman–Crippen MR) is 155 cm³/mol. The number of esters is 1. The summed E-state index contributed by atoms with van der Waals surface area (Å²) < 4.78 is 5.92. The van der Waals surface area contributed by atoms with E-state index in [0.717, 1.165) is 5.56 Å². The molecule has 10 nitrogen and oxygen atoms in total. The number of rotatable bonds is 7. The molecule has 0 spiro atoms. The van der Waals surface area contributed by atoms with E-state index in [1.54, 1.807) is 13.8 Å². The number of ketones is 1. The molecule has 4 N–H and O–H groups in total. The number of ether oxygens (including phenoxy) is 1. The molecule has 43 heavy (non-hydrogen) atoms. The summed E-state index contributed by atoms with van der Waals surface area (Å²) >= 11 is 0. The van der Waals surface area contributed by atoms with Gasteiger partial charge in [0.15, 0.2) is 5.78 Å². The smallest absolute Gasteiger partial charge is 0.308 e. The van der Waals surface area contributed by atoms with Gasteiger partial charge in [0.25, 0.3) is 0 Å². The van der Waals surface area contributed by atoms with Gasteiger partial charge in [0, 0.05) is 41.6 Å². The SMILES string of the molecule is C=C1[C@@H](OC(=O)CC(c2ccccc2)N(C)C)CC[C@]2(C)[C@@H]1[C@H](O)[C@]1(O)CC(=O)C(C)=C([C@@H](O)[C@@]2(O)CC(=O)[O-])C1(C)C. The normalized spacial score (nSPS) is 36.4. The van der Waals surface area contributed by atoms with Crippen molar-refractivity contribution >= 4 is 17.7 Å². The minimum atomic E-state index is -2.44. The fourth-order valence-electron chi connectivity index (χ4n) is 8.01. The molecular weight excluding hydrogens is 554 g/mol. The maximum Gasteiger partial charge on any atom is 0.308 e. The van der Waals surface area contributed by atoms with E-state index in [1.165, 1.54) is 13.8 Å². The summed E-state index contributed by atoms with van der Waals surface area (Å²) in [6.07, 6.45) is -5.92. The summed E-state index contributed by atoms with van der Waals surface area (Å²) in [5, 5.41) is 60.3. The van der Waals surface area contributed by atoms with E-state index >= 15 is 0 Å². The summed E-state index contributed by atoms with van der Waals surface area (Å²) in [6.45, 7) is 10.2. The maximum atomic E-state index is 13.3. The molecule has 4 rings (SSSR count). The molecule has 2 bridgehead atoms. The van der Waals surface area contributed by atoms with Crippen molar-refractivity contribution in [2.75, 3.05) is 14.1 Å². The van der Waals surface area contributed by atoms with Crippen molar-refractivity contribution in [3.63, 3.8) is 0 Å². The van der Waals surface area contributed by atoms with E-state index in [4.69, 9.17) is 4.74 Å². The average molecular weight is 599 g/mol. The van der Waals surface area contributed by atoms with Crippen molar-refractivity contribution in [3.8, 4) is 0 Å². The van der Waals surface area contributed by atoms with E-state index in [2.05, 4.69) is 6.58 Å². The summed E-state index contributed by atoms with van der Waals surface area (Å²) in [4.78, 5) is 40.4. The van der Waals surface area contributed by atoms with Crippen LogP contribution in [-0.4, -0.2) is 86.7 Å². The largest absolute Gasteiger partial charge is 0.550 e. The third-order valence-electron chi connectivity index (χ3n) is 10.8. The summed E-state index contributed by atoms with van der Waals surface area (Å²) in [6, 6.07) is 9.18. The first kappa shape index (κ1) is 33.0. The topological polar surface area (TPSA) is 168 Å². The Labute approximate surface area is 252 Å². The number of nitrogens with zero attached hydrogens (tertiary/aromatic N) is 1. The van der Waals surface area contributed by atoms with Crippen molar-refractivity contribution in [2.24, 2.45) is 16.7 Å². The number of fused-ring (bicyclic) bond motifs is 3. The van der Waals surface area contributed by atoms with E-state index < -0.39 is 76.8 Å². The maximum absolute atomic E-state index is 13.3. The zero-order valence-electron chi connectivity index (χ0n) is 25.8. The first-order valence-corrected chi connectivity index (χ1v) is 14.7. The molecule has 3 aliphatic rings. The van der Waals surface area contributed by atoms with Gasteiger partial charge in [-0.2, -0.15) is 0 Å². The number of aliphatic hydroxyl groups excluding tert-OH is 2. The fourth-order valence-corrected chi connectivity index (χ4v) is 8.01. The van der Waals surface area contributed by atoms with Crippen LogP contribution in [0.2, 0.25) is 0 Å². The molecule has 1 aromatic rings. The van der Waals surface area contributed by atoms with E-state index in [9.17, 15) is 39.9 Å². The number of aliphatic carboxylic acids is 1. The van der Waals surface area contributed by atoms with Gasteiger partial charge < -0.3 is 40.0 Å². The van der Waals surface area contributed by atoms with Gasteiger partial charge in [0.2, 0.25) is 0 Å². The Kier molecular flexibility index (Phi) is 8.62. The van der Waals surface area contributed by atoms with Crippen LogP contribution in [0.4, 0.5) is 0 Å². The Bertz CT molecular complexity index is 1340. The van der Waals surface area contributed by atoms with Gasteiger partial charge in [-0.05, 0) is 56.1 Å². The molecule has 0 amide bonds. The monoisotopic (exact) mass is 598 g/mol. The lowest BCUT2D eigenvalue weighted by Gasteiger charge is -2.64. The highest BCUT2D eigenvalue weighted by atomic mass is 16.5. The van der Waals surface area contributed by atoms with Gasteiger partial charge >= 0.3 is 5.97 Å². The summed E-state index contributed by atoms with van der Waals surface area (Å²) in [5.74, 6) is -3.99. The van der Waals surface area contributed by atoms with E-state index in [-0.39, 0.29) is 42.0 Å². The Morgan fingerprint density at radius 1 is 1.14 bits per heavy atom. The minimum absolute atomic E-state index is 0.000883. The van der Waals surface area contributed by atoms with Crippen LogP contribution in [-0.2, 0) is 19.1 Å². The number of carboxylic acid groups (broad SMARTS) is 1. The molecule has 236 valence electrons. The molecule has 10 heteroatoms. The summed E-state index contributed by atoms with van der Waals surface area (Å²) in [7, 11) is 3.70. The highest BCUT2D eigenvalue weighted by molar-refractivity contribution is 5.98. The van der Waals surface area contributed by atoms with Crippen LogP contribution in [0.15, 0.2) is 53.6 Å². The molecule has 0 aromatic heterocycles. The lowest BCUT2D eigenvalue weighted by molar-refractivity contribution is -0.317. The number of Topliss-reactive ketones (excluding diaryl/α,β-unsaturated/α-hetero) is 1. The van der Waals surface area contributed by atoms with Crippen molar-refractivity contribution in [3.05, 3.63) is 59.2 Å². The zero-order valence-corrected chi connectivity index (χ0v) is 25.8. The molecule has 3 aliphatic carbocycles. The van der Waals surface area contributed by atoms with Crippen LogP contribution in [0.25, 0.3) is 0 Å². The number of allylic oxidation sites excluding steroid dienone is 1. The number of benzene rings is 1. The second-order valence-corrected chi connectivity index (χ2v) is 13.6.